The topological polar surface area (TPSA) is 56.7 Å². The third-order valence-electron chi connectivity index (χ3n) is 3.89. The van der Waals surface area contributed by atoms with Crippen molar-refractivity contribution < 1.29 is 4.79 Å². The molecule has 1 aromatic carbocycles. The van der Waals surface area contributed by atoms with Gasteiger partial charge in [0.15, 0.2) is 5.96 Å². The van der Waals surface area contributed by atoms with Crippen LogP contribution in [0.25, 0.3) is 0 Å². The smallest absolute Gasteiger partial charge is 0.251 e. The Morgan fingerprint density at radius 3 is 2.65 bits per heavy atom. The van der Waals surface area contributed by atoms with Crippen LogP contribution in [0.4, 0.5) is 0 Å². The maximum absolute atomic E-state index is 12.0. The quantitative estimate of drug-likeness (QED) is 0.404. The van der Waals surface area contributed by atoms with Crippen molar-refractivity contribution in [1.29, 1.82) is 0 Å². The van der Waals surface area contributed by atoms with Gasteiger partial charge in [-0.05, 0) is 43.3 Å². The molecule has 140 valence electrons. The first-order valence-electron chi connectivity index (χ1n) is 9.05. The number of nitrogens with zero attached hydrogens (tertiary/aromatic N) is 2. The molecule has 1 aromatic heterocycles. The highest BCUT2D eigenvalue weighted by Crippen LogP contribution is 2.09. The van der Waals surface area contributed by atoms with Crippen molar-refractivity contribution in [3.05, 3.63) is 58.3 Å². The van der Waals surface area contributed by atoms with Crippen LogP contribution in [-0.2, 0) is 6.42 Å². The van der Waals surface area contributed by atoms with Gasteiger partial charge in [0, 0.05) is 43.7 Å². The van der Waals surface area contributed by atoms with Gasteiger partial charge in [0.05, 0.1) is 0 Å². The number of hydrogen-bond acceptors (Lipinski definition) is 3. The fraction of sp³-hybridized carbons (Fsp3) is 0.400. The molecule has 0 saturated heterocycles. The second kappa shape index (κ2) is 11.3. The van der Waals surface area contributed by atoms with Gasteiger partial charge in [0.2, 0.25) is 0 Å². The third-order valence-corrected chi connectivity index (χ3v) is 4.82. The zero-order chi connectivity index (χ0) is 18.6. The van der Waals surface area contributed by atoms with Crippen LogP contribution in [-0.4, -0.2) is 50.0 Å². The number of nitrogens with one attached hydrogen (secondary N) is 2. The van der Waals surface area contributed by atoms with Crippen LogP contribution in [0.5, 0.6) is 0 Å². The number of benzene rings is 1. The van der Waals surface area contributed by atoms with E-state index >= 15 is 0 Å². The molecule has 0 aliphatic rings. The summed E-state index contributed by atoms with van der Waals surface area (Å²) < 4.78 is 0. The van der Waals surface area contributed by atoms with Gasteiger partial charge in [-0.1, -0.05) is 24.3 Å². The van der Waals surface area contributed by atoms with Crippen molar-refractivity contribution in [2.24, 2.45) is 4.99 Å². The summed E-state index contributed by atoms with van der Waals surface area (Å²) in [5, 5.41) is 8.38. The summed E-state index contributed by atoms with van der Waals surface area (Å²) in [7, 11) is 2.06. The highest BCUT2D eigenvalue weighted by atomic mass is 32.1. The fourth-order valence-electron chi connectivity index (χ4n) is 2.47. The number of aliphatic imine (C=N–C) groups is 1. The van der Waals surface area contributed by atoms with Gasteiger partial charge >= 0.3 is 0 Å². The summed E-state index contributed by atoms with van der Waals surface area (Å²) in [6.45, 7) is 5.14. The summed E-state index contributed by atoms with van der Waals surface area (Å²) in [5.74, 6) is 0.882. The number of guanidine groups is 1. The number of amides is 1. The molecule has 1 amide bonds. The highest BCUT2D eigenvalue weighted by Gasteiger charge is 2.06. The van der Waals surface area contributed by atoms with E-state index < -0.39 is 0 Å². The first-order valence-corrected chi connectivity index (χ1v) is 9.93. The molecule has 0 saturated carbocycles. The van der Waals surface area contributed by atoms with Crippen LogP contribution in [0.1, 0.15) is 28.6 Å². The summed E-state index contributed by atoms with van der Waals surface area (Å²) >= 11 is 1.79. The van der Waals surface area contributed by atoms with Crippen molar-refractivity contribution >= 4 is 23.2 Å². The van der Waals surface area contributed by atoms with Crippen LogP contribution in [0, 0.1) is 0 Å². The van der Waals surface area contributed by atoms with E-state index in [1.807, 2.05) is 30.3 Å². The average Bonchev–Trinajstić information content (AvgIpc) is 3.19. The Balaban J connectivity index is 1.72. The molecule has 0 aliphatic heterocycles. The summed E-state index contributed by atoms with van der Waals surface area (Å²) in [5.41, 5.74) is 0.692. The molecule has 2 rings (SSSR count). The molecule has 0 fully saturated rings. The molecule has 0 aliphatic carbocycles. The molecule has 0 spiro atoms. The lowest BCUT2D eigenvalue weighted by atomic mass is 10.2. The molecule has 2 N–H and O–H groups in total. The number of carbonyl (C=O) groups excluding carboxylic acids is 1. The molecule has 1 heterocycles. The molecule has 0 atom stereocenters. The Kier molecular flexibility index (Phi) is 8.69. The van der Waals surface area contributed by atoms with Gasteiger partial charge in [-0.3, -0.25) is 9.79 Å². The van der Waals surface area contributed by atoms with E-state index in [1.165, 1.54) is 4.88 Å². The Bertz CT molecular complexity index is 670. The summed E-state index contributed by atoms with van der Waals surface area (Å²) in [6.07, 6.45) is 1.83. The first-order chi connectivity index (χ1) is 12.7. The van der Waals surface area contributed by atoms with Crippen molar-refractivity contribution in [2.45, 2.75) is 19.8 Å². The predicted molar refractivity (Wildman–Crippen MR) is 110 cm³/mol. The molecular weight excluding hydrogens is 344 g/mol. The fourth-order valence-corrected chi connectivity index (χ4v) is 3.16. The monoisotopic (exact) mass is 372 g/mol. The number of hydrogen-bond donors (Lipinski definition) is 2. The van der Waals surface area contributed by atoms with Gasteiger partial charge in [-0.25, -0.2) is 0 Å². The van der Waals surface area contributed by atoms with Crippen molar-refractivity contribution in [3.8, 4) is 0 Å². The Morgan fingerprint density at radius 1 is 1.15 bits per heavy atom. The largest absolute Gasteiger partial charge is 0.357 e. The maximum Gasteiger partial charge on any atom is 0.251 e. The van der Waals surface area contributed by atoms with E-state index in [-0.39, 0.29) is 5.91 Å². The van der Waals surface area contributed by atoms with Crippen molar-refractivity contribution in [2.75, 3.05) is 33.2 Å². The normalized spacial score (nSPS) is 11.2. The van der Waals surface area contributed by atoms with E-state index in [2.05, 4.69) is 52.0 Å². The Morgan fingerprint density at radius 2 is 1.96 bits per heavy atom. The van der Waals surface area contributed by atoms with E-state index in [1.54, 1.807) is 11.3 Å². The van der Waals surface area contributed by atoms with E-state index in [0.29, 0.717) is 18.7 Å². The summed E-state index contributed by atoms with van der Waals surface area (Å²) in [6, 6.07) is 13.5. The molecule has 0 unspecified atom stereocenters. The van der Waals surface area contributed by atoms with Gasteiger partial charge < -0.3 is 15.5 Å². The highest BCUT2D eigenvalue weighted by molar-refractivity contribution is 7.09. The minimum Gasteiger partial charge on any atom is -0.357 e. The zero-order valence-electron chi connectivity index (χ0n) is 15.6. The van der Waals surface area contributed by atoms with Gasteiger partial charge in [0.1, 0.15) is 0 Å². The lowest BCUT2D eigenvalue weighted by molar-refractivity contribution is 0.0953. The average molecular weight is 373 g/mol. The first kappa shape index (κ1) is 20.0. The van der Waals surface area contributed by atoms with Crippen molar-refractivity contribution in [1.82, 2.24) is 15.5 Å². The number of likely N-dealkylation sites (N-methyl/N-ethyl adjacent to an activating group) is 1. The lowest BCUT2D eigenvalue weighted by Crippen LogP contribution is -2.40. The molecule has 26 heavy (non-hydrogen) atoms. The van der Waals surface area contributed by atoms with E-state index in [4.69, 9.17) is 0 Å². The molecule has 6 heteroatoms. The standard InChI is InChI=1S/C20H28N4OS/c1-3-21-20(24(2)15-12-18-11-7-16-26-18)23-14-8-13-22-19(25)17-9-5-4-6-10-17/h4-7,9-11,16H,3,8,12-15H2,1-2H3,(H,21,23)(H,22,25). The molecule has 2 aromatic rings. The lowest BCUT2D eigenvalue weighted by Gasteiger charge is -2.21. The second-order valence-corrected chi connectivity index (χ2v) is 6.99. The van der Waals surface area contributed by atoms with E-state index in [0.717, 1.165) is 31.9 Å². The third kappa shape index (κ3) is 6.88. The minimum absolute atomic E-state index is 0.0328. The zero-order valence-corrected chi connectivity index (χ0v) is 16.4. The van der Waals surface area contributed by atoms with Crippen molar-refractivity contribution in [3.63, 3.8) is 0 Å². The number of carbonyl (C=O) groups is 1. The van der Waals surface area contributed by atoms with E-state index in [9.17, 15) is 4.79 Å². The van der Waals surface area contributed by atoms with Gasteiger partial charge in [-0.15, -0.1) is 11.3 Å². The Hall–Kier alpha value is -2.34. The SMILES string of the molecule is CCNC(=NCCCNC(=O)c1ccccc1)N(C)CCc1cccs1. The van der Waals surface area contributed by atoms with Crippen LogP contribution in [0.3, 0.4) is 0 Å². The van der Waals surface area contributed by atoms with Gasteiger partial charge in [-0.2, -0.15) is 0 Å². The number of thiophene rings is 1. The van der Waals surface area contributed by atoms with Crippen LogP contribution in [0.2, 0.25) is 0 Å². The Labute approximate surface area is 160 Å². The molecule has 0 radical (unpaired) electrons. The second-order valence-electron chi connectivity index (χ2n) is 5.96. The minimum atomic E-state index is -0.0328. The van der Waals surface area contributed by atoms with Crippen LogP contribution in [0.15, 0.2) is 52.8 Å². The molecule has 5 nitrogen and oxygen atoms in total. The predicted octanol–water partition coefficient (Wildman–Crippen LogP) is 3.01. The van der Waals surface area contributed by atoms with Gasteiger partial charge in [0.25, 0.3) is 5.91 Å². The number of rotatable bonds is 9. The van der Waals surface area contributed by atoms with Crippen LogP contribution >= 0.6 is 11.3 Å². The molecular formula is C20H28N4OS. The molecule has 0 bridgehead atoms. The summed E-state index contributed by atoms with van der Waals surface area (Å²) in [4.78, 5) is 20.2. The van der Waals surface area contributed by atoms with Crippen LogP contribution < -0.4 is 10.6 Å². The maximum atomic E-state index is 12.0.